The van der Waals surface area contributed by atoms with Crippen LogP contribution in [0.1, 0.15) is 48.0 Å². The minimum absolute atomic E-state index is 0.0891. The number of anilines is 1. The van der Waals surface area contributed by atoms with Gasteiger partial charge in [-0.15, -0.1) is 0 Å². The Morgan fingerprint density at radius 3 is 2.14 bits per heavy atom. The number of amides is 1. The Labute approximate surface area is 170 Å². The van der Waals surface area contributed by atoms with Crippen molar-refractivity contribution in [3.05, 3.63) is 24.3 Å². The topological polar surface area (TPSA) is 48.0 Å². The Bertz CT molecular complexity index is 729. The van der Waals surface area contributed by atoms with Crippen molar-refractivity contribution in [2.45, 2.75) is 66.2 Å². The first kappa shape index (κ1) is 23.5. The van der Waals surface area contributed by atoms with Gasteiger partial charge in [0, 0.05) is 18.2 Å². The lowest BCUT2D eigenvalue weighted by Gasteiger charge is -2.50. The molecule has 1 aromatic rings. The summed E-state index contributed by atoms with van der Waals surface area (Å²) < 4.78 is 58.0. The number of carbonyl (C=O) groups is 1. The number of halogens is 3. The Kier molecular flexibility index (Phi) is 6.31. The second-order valence-electron chi connectivity index (χ2n) is 8.87. The number of hydrogen-bond donors (Lipinski definition) is 0. The minimum Gasteiger partial charge on any atom is -0.464 e. The molecule has 1 aliphatic heterocycles. The number of nitrogens with zero attached hydrogens (tertiary/aromatic N) is 1. The molecule has 0 saturated carbocycles. The summed E-state index contributed by atoms with van der Waals surface area (Å²) in [5.41, 5.74) is -4.00. The third kappa shape index (κ3) is 4.38. The van der Waals surface area contributed by atoms with E-state index in [1.54, 1.807) is 13.8 Å². The van der Waals surface area contributed by atoms with Crippen molar-refractivity contribution in [3.63, 3.8) is 0 Å². The zero-order chi connectivity index (χ0) is 22.3. The molecule has 3 unspecified atom stereocenters. The van der Waals surface area contributed by atoms with Crippen molar-refractivity contribution in [2.24, 2.45) is 10.8 Å². The number of methoxy groups -OCH3 is 1. The SMILES string of the molecule is CCC1(C)COC(C)(C(F)(F)F)N(c2ccc(OC(OC)C(C)(C)C)cc2)C1=O. The van der Waals surface area contributed by atoms with E-state index in [1.165, 1.54) is 31.4 Å². The van der Waals surface area contributed by atoms with Gasteiger partial charge in [0.25, 0.3) is 0 Å². The third-order valence-corrected chi connectivity index (χ3v) is 5.38. The van der Waals surface area contributed by atoms with E-state index in [9.17, 15) is 18.0 Å². The first-order chi connectivity index (χ1) is 13.2. The molecule has 1 heterocycles. The number of carbonyl (C=O) groups excluding carboxylic acids is 1. The van der Waals surface area contributed by atoms with Crippen LogP contribution in [0.3, 0.4) is 0 Å². The number of alkyl halides is 3. The van der Waals surface area contributed by atoms with Gasteiger partial charge in [0.1, 0.15) is 5.75 Å². The Balaban J connectivity index is 2.41. The summed E-state index contributed by atoms with van der Waals surface area (Å²) in [6.45, 7) is 9.79. The van der Waals surface area contributed by atoms with Crippen LogP contribution in [0.15, 0.2) is 24.3 Å². The van der Waals surface area contributed by atoms with Crippen LogP contribution in [-0.2, 0) is 14.3 Å². The molecule has 1 fully saturated rings. The monoisotopic (exact) mass is 417 g/mol. The van der Waals surface area contributed by atoms with E-state index in [1.807, 2.05) is 20.8 Å². The van der Waals surface area contributed by atoms with E-state index in [0.717, 1.165) is 6.92 Å². The molecule has 2 rings (SSSR count). The van der Waals surface area contributed by atoms with Gasteiger partial charge in [-0.3, -0.25) is 9.69 Å². The van der Waals surface area contributed by atoms with Crippen molar-refractivity contribution in [1.82, 2.24) is 0 Å². The van der Waals surface area contributed by atoms with Crippen LogP contribution >= 0.6 is 0 Å². The largest absolute Gasteiger partial charge is 0.464 e. The fraction of sp³-hybridized carbons (Fsp3) is 0.667. The maximum Gasteiger partial charge on any atom is 0.436 e. The second kappa shape index (κ2) is 7.80. The standard InChI is InChI=1S/C21H30F3NO4/c1-8-19(5)13-28-20(6,21(22,23)24)25(16(19)26)14-9-11-15(12-10-14)29-17(27-7)18(2,3)4/h9-12,17H,8,13H2,1-7H3. The molecule has 1 amide bonds. The zero-order valence-electron chi connectivity index (χ0n) is 18.0. The molecular weight excluding hydrogens is 387 g/mol. The number of rotatable bonds is 5. The van der Waals surface area contributed by atoms with E-state index < -0.39 is 29.5 Å². The highest BCUT2D eigenvalue weighted by atomic mass is 19.4. The quantitative estimate of drug-likeness (QED) is 0.623. The summed E-state index contributed by atoms with van der Waals surface area (Å²) >= 11 is 0. The molecule has 0 spiro atoms. The average molecular weight is 417 g/mol. The van der Waals surface area contributed by atoms with Crippen molar-refractivity contribution < 1.29 is 32.2 Å². The summed E-state index contributed by atoms with van der Waals surface area (Å²) in [4.78, 5) is 13.8. The molecule has 1 aromatic carbocycles. The molecular formula is C21H30F3NO4. The maximum atomic E-state index is 13.9. The summed E-state index contributed by atoms with van der Waals surface area (Å²) in [5, 5.41) is 0. The molecule has 8 heteroatoms. The smallest absolute Gasteiger partial charge is 0.436 e. The van der Waals surface area contributed by atoms with Crippen LogP contribution in [0.25, 0.3) is 0 Å². The molecule has 0 bridgehead atoms. The molecule has 164 valence electrons. The van der Waals surface area contributed by atoms with Crippen LogP contribution in [0.4, 0.5) is 18.9 Å². The first-order valence-electron chi connectivity index (χ1n) is 9.54. The zero-order valence-corrected chi connectivity index (χ0v) is 18.0. The fourth-order valence-electron chi connectivity index (χ4n) is 3.09. The molecule has 0 N–H and O–H groups in total. The van der Waals surface area contributed by atoms with E-state index in [0.29, 0.717) is 17.1 Å². The van der Waals surface area contributed by atoms with E-state index in [-0.39, 0.29) is 17.7 Å². The van der Waals surface area contributed by atoms with Gasteiger partial charge in [-0.2, -0.15) is 13.2 Å². The second-order valence-corrected chi connectivity index (χ2v) is 8.87. The highest BCUT2D eigenvalue weighted by Gasteiger charge is 2.63. The molecule has 0 aromatic heterocycles. The predicted octanol–water partition coefficient (Wildman–Crippen LogP) is 5.14. The highest BCUT2D eigenvalue weighted by Crippen LogP contribution is 2.46. The van der Waals surface area contributed by atoms with Crippen molar-refractivity contribution in [2.75, 3.05) is 18.6 Å². The normalized spacial score (nSPS) is 27.1. The molecule has 5 nitrogen and oxygen atoms in total. The molecule has 1 aliphatic rings. The Morgan fingerprint density at radius 1 is 1.17 bits per heavy atom. The van der Waals surface area contributed by atoms with E-state index >= 15 is 0 Å². The van der Waals surface area contributed by atoms with Crippen LogP contribution in [0, 0.1) is 10.8 Å². The van der Waals surface area contributed by atoms with Gasteiger partial charge in [-0.1, -0.05) is 27.7 Å². The van der Waals surface area contributed by atoms with Crippen LogP contribution in [0.5, 0.6) is 5.75 Å². The lowest BCUT2D eigenvalue weighted by atomic mass is 9.84. The lowest BCUT2D eigenvalue weighted by Crippen LogP contribution is -2.68. The summed E-state index contributed by atoms with van der Waals surface area (Å²) in [7, 11) is 1.52. The highest BCUT2D eigenvalue weighted by molar-refractivity contribution is 5.99. The minimum atomic E-state index is -4.76. The fourth-order valence-corrected chi connectivity index (χ4v) is 3.09. The van der Waals surface area contributed by atoms with Gasteiger partial charge >= 0.3 is 6.18 Å². The summed E-state index contributed by atoms with van der Waals surface area (Å²) in [5.74, 6) is -0.197. The molecule has 29 heavy (non-hydrogen) atoms. The summed E-state index contributed by atoms with van der Waals surface area (Å²) in [6, 6.07) is 5.90. The van der Waals surface area contributed by atoms with Gasteiger partial charge in [-0.25, -0.2) is 0 Å². The van der Waals surface area contributed by atoms with Crippen molar-refractivity contribution in [3.8, 4) is 5.75 Å². The van der Waals surface area contributed by atoms with Crippen molar-refractivity contribution in [1.29, 1.82) is 0 Å². The van der Waals surface area contributed by atoms with Crippen LogP contribution in [-0.4, -0.2) is 37.8 Å². The summed E-state index contributed by atoms with van der Waals surface area (Å²) in [6.07, 6.45) is -4.95. The number of hydrogen-bond acceptors (Lipinski definition) is 4. The Hall–Kier alpha value is -1.80. The molecule has 0 aliphatic carbocycles. The van der Waals surface area contributed by atoms with Gasteiger partial charge in [0.2, 0.25) is 17.9 Å². The molecule has 1 saturated heterocycles. The van der Waals surface area contributed by atoms with Crippen LogP contribution < -0.4 is 9.64 Å². The number of benzene rings is 1. The van der Waals surface area contributed by atoms with Gasteiger partial charge in [0.15, 0.2) is 0 Å². The third-order valence-electron chi connectivity index (χ3n) is 5.38. The van der Waals surface area contributed by atoms with Crippen molar-refractivity contribution >= 4 is 11.6 Å². The number of ether oxygens (including phenoxy) is 3. The first-order valence-corrected chi connectivity index (χ1v) is 9.54. The Morgan fingerprint density at radius 2 is 1.72 bits per heavy atom. The predicted molar refractivity (Wildman–Crippen MR) is 104 cm³/mol. The maximum absolute atomic E-state index is 13.9. The van der Waals surface area contributed by atoms with E-state index in [4.69, 9.17) is 14.2 Å². The van der Waals surface area contributed by atoms with Gasteiger partial charge in [-0.05, 0) is 44.5 Å². The van der Waals surface area contributed by atoms with Crippen LogP contribution in [0.2, 0.25) is 0 Å². The van der Waals surface area contributed by atoms with Gasteiger partial charge in [0.05, 0.1) is 12.0 Å². The average Bonchev–Trinajstić information content (AvgIpc) is 2.62. The van der Waals surface area contributed by atoms with E-state index in [2.05, 4.69) is 0 Å². The van der Waals surface area contributed by atoms with Gasteiger partial charge < -0.3 is 14.2 Å². The molecule has 3 atom stereocenters. The lowest BCUT2D eigenvalue weighted by molar-refractivity contribution is -0.284. The molecule has 0 radical (unpaired) electrons.